The van der Waals surface area contributed by atoms with E-state index >= 15 is 0 Å². The van der Waals surface area contributed by atoms with Gasteiger partial charge in [0.2, 0.25) is 10.0 Å². The Labute approximate surface area is 136 Å². The minimum absolute atomic E-state index is 0.0981. The van der Waals surface area contributed by atoms with E-state index in [2.05, 4.69) is 9.62 Å². The van der Waals surface area contributed by atoms with Crippen molar-refractivity contribution in [3.63, 3.8) is 0 Å². The van der Waals surface area contributed by atoms with Crippen molar-refractivity contribution in [1.82, 2.24) is 9.62 Å². The maximum absolute atomic E-state index is 12.2. The highest BCUT2D eigenvalue weighted by Crippen LogP contribution is 2.15. The van der Waals surface area contributed by atoms with Crippen molar-refractivity contribution in [3.8, 4) is 0 Å². The fourth-order valence-corrected chi connectivity index (χ4v) is 4.28. The van der Waals surface area contributed by atoms with Gasteiger partial charge in [-0.25, -0.2) is 13.1 Å². The summed E-state index contributed by atoms with van der Waals surface area (Å²) < 4.78 is 27.1. The second-order valence-electron chi connectivity index (χ2n) is 6.07. The van der Waals surface area contributed by atoms with Crippen molar-refractivity contribution in [1.29, 1.82) is 0 Å². The molecule has 0 aromatic heterocycles. The molecule has 128 valence electrons. The quantitative estimate of drug-likeness (QED) is 0.604. The number of nitro groups is 1. The molecule has 8 heteroatoms. The Morgan fingerprint density at radius 2 is 2.00 bits per heavy atom. The summed E-state index contributed by atoms with van der Waals surface area (Å²) in [6.07, 6.45) is 3.56. The number of nitrogens with one attached hydrogen (secondary N) is 1. The first-order valence-corrected chi connectivity index (χ1v) is 9.47. The fraction of sp³-hybridized carbons (Fsp3) is 0.600. The lowest BCUT2D eigenvalue weighted by molar-refractivity contribution is -0.384. The molecule has 0 saturated carbocycles. The van der Waals surface area contributed by atoms with Crippen molar-refractivity contribution < 1.29 is 13.3 Å². The lowest BCUT2D eigenvalue weighted by atomic mass is 10.1. The van der Waals surface area contributed by atoms with E-state index < -0.39 is 14.9 Å². The second kappa shape index (κ2) is 7.85. The first kappa shape index (κ1) is 17.8. The van der Waals surface area contributed by atoms with Crippen LogP contribution in [0.25, 0.3) is 0 Å². The van der Waals surface area contributed by atoms with Crippen LogP contribution >= 0.6 is 0 Å². The molecule has 2 rings (SSSR count). The summed E-state index contributed by atoms with van der Waals surface area (Å²) in [4.78, 5) is 12.5. The fourth-order valence-electron chi connectivity index (χ4n) is 2.89. The third kappa shape index (κ3) is 5.89. The number of likely N-dealkylation sites (tertiary alicyclic amines) is 1. The van der Waals surface area contributed by atoms with E-state index in [1.807, 2.05) is 6.92 Å². The van der Waals surface area contributed by atoms with Crippen molar-refractivity contribution in [2.24, 2.45) is 0 Å². The Balaban J connectivity index is 1.93. The first-order chi connectivity index (χ1) is 10.9. The van der Waals surface area contributed by atoms with Crippen LogP contribution in [0.15, 0.2) is 24.3 Å². The summed E-state index contributed by atoms with van der Waals surface area (Å²) >= 11 is 0. The van der Waals surface area contributed by atoms with E-state index in [9.17, 15) is 18.5 Å². The number of rotatable bonds is 7. The van der Waals surface area contributed by atoms with Gasteiger partial charge >= 0.3 is 0 Å². The van der Waals surface area contributed by atoms with Gasteiger partial charge in [0.15, 0.2) is 0 Å². The Hall–Kier alpha value is -1.51. The Bertz CT molecular complexity index is 642. The van der Waals surface area contributed by atoms with Crippen LogP contribution in [0.4, 0.5) is 5.69 Å². The number of hydrogen-bond donors (Lipinski definition) is 1. The SMILES string of the molecule is C[C@@H](CN1CCCCC1)NS(=O)(=O)Cc1cccc([N+](=O)[O-])c1. The van der Waals surface area contributed by atoms with Crippen LogP contribution in [0.5, 0.6) is 0 Å². The largest absolute Gasteiger partial charge is 0.302 e. The lowest BCUT2D eigenvalue weighted by Crippen LogP contribution is -2.43. The molecule has 0 amide bonds. The Kier molecular flexibility index (Phi) is 6.09. The molecule has 7 nitrogen and oxygen atoms in total. The number of benzene rings is 1. The molecule has 23 heavy (non-hydrogen) atoms. The van der Waals surface area contributed by atoms with Crippen LogP contribution in [0.1, 0.15) is 31.7 Å². The topological polar surface area (TPSA) is 92.6 Å². The van der Waals surface area contributed by atoms with Gasteiger partial charge < -0.3 is 4.90 Å². The van der Waals surface area contributed by atoms with Gasteiger partial charge in [0.25, 0.3) is 5.69 Å². The van der Waals surface area contributed by atoms with E-state index in [4.69, 9.17) is 0 Å². The minimum atomic E-state index is -3.53. The summed E-state index contributed by atoms with van der Waals surface area (Å²) in [5.41, 5.74) is 0.316. The predicted molar refractivity (Wildman–Crippen MR) is 88.6 cm³/mol. The first-order valence-electron chi connectivity index (χ1n) is 7.81. The van der Waals surface area contributed by atoms with E-state index in [-0.39, 0.29) is 17.5 Å². The van der Waals surface area contributed by atoms with Gasteiger partial charge in [0.1, 0.15) is 0 Å². The normalized spacial score (nSPS) is 17.8. The zero-order valence-corrected chi connectivity index (χ0v) is 14.1. The number of nitrogens with zero attached hydrogens (tertiary/aromatic N) is 2. The van der Waals surface area contributed by atoms with E-state index in [1.54, 1.807) is 6.07 Å². The molecule has 1 saturated heterocycles. The summed E-state index contributed by atoms with van der Waals surface area (Å²) in [6.45, 7) is 4.56. The van der Waals surface area contributed by atoms with E-state index in [0.29, 0.717) is 12.1 Å². The van der Waals surface area contributed by atoms with E-state index in [0.717, 1.165) is 25.9 Å². The number of piperidine rings is 1. The summed E-state index contributed by atoms with van der Waals surface area (Å²) in [5.74, 6) is -0.251. The molecular weight excluding hydrogens is 318 g/mol. The Morgan fingerprint density at radius 1 is 1.30 bits per heavy atom. The molecule has 0 aliphatic carbocycles. The zero-order valence-electron chi connectivity index (χ0n) is 13.3. The monoisotopic (exact) mass is 341 g/mol. The molecule has 1 aromatic carbocycles. The highest BCUT2D eigenvalue weighted by Gasteiger charge is 2.19. The molecule has 1 aliphatic rings. The minimum Gasteiger partial charge on any atom is -0.302 e. The van der Waals surface area contributed by atoms with Gasteiger partial charge in [0, 0.05) is 24.7 Å². The maximum atomic E-state index is 12.2. The van der Waals surface area contributed by atoms with Crippen LogP contribution in [-0.4, -0.2) is 43.9 Å². The van der Waals surface area contributed by atoms with Crippen molar-refractivity contribution in [2.75, 3.05) is 19.6 Å². The highest BCUT2D eigenvalue weighted by atomic mass is 32.2. The summed E-state index contributed by atoms with van der Waals surface area (Å²) in [5, 5.41) is 10.8. The smallest absolute Gasteiger partial charge is 0.269 e. The molecular formula is C15H23N3O4S. The van der Waals surface area contributed by atoms with Crippen molar-refractivity contribution in [2.45, 2.75) is 38.0 Å². The molecule has 1 atom stereocenters. The number of non-ortho nitro benzene ring substituents is 1. The maximum Gasteiger partial charge on any atom is 0.269 e. The molecule has 1 heterocycles. The number of sulfonamides is 1. The zero-order chi connectivity index (χ0) is 16.9. The molecule has 1 aromatic rings. The summed E-state index contributed by atoms with van der Waals surface area (Å²) in [7, 11) is -3.53. The molecule has 1 aliphatic heterocycles. The van der Waals surface area contributed by atoms with Crippen molar-refractivity contribution >= 4 is 15.7 Å². The van der Waals surface area contributed by atoms with Gasteiger partial charge in [-0.15, -0.1) is 0 Å². The van der Waals surface area contributed by atoms with Crippen LogP contribution in [0.3, 0.4) is 0 Å². The lowest BCUT2D eigenvalue weighted by Gasteiger charge is -2.29. The third-order valence-corrected chi connectivity index (χ3v) is 5.31. The number of nitro benzene ring substituents is 1. The standard InChI is InChI=1S/C15H23N3O4S/c1-13(11-17-8-3-2-4-9-17)16-23(21,22)12-14-6-5-7-15(10-14)18(19)20/h5-7,10,13,16H,2-4,8-9,11-12H2,1H3/t13-/m0/s1. The average Bonchev–Trinajstić information content (AvgIpc) is 2.47. The summed E-state index contributed by atoms with van der Waals surface area (Å²) in [6, 6.07) is 5.55. The number of hydrogen-bond acceptors (Lipinski definition) is 5. The second-order valence-corrected chi connectivity index (χ2v) is 7.82. The van der Waals surface area contributed by atoms with Gasteiger partial charge in [-0.2, -0.15) is 0 Å². The van der Waals surface area contributed by atoms with Gasteiger partial charge in [-0.1, -0.05) is 18.6 Å². The average molecular weight is 341 g/mol. The molecule has 0 unspecified atom stereocenters. The third-order valence-electron chi connectivity index (χ3n) is 3.84. The van der Waals surface area contributed by atoms with Gasteiger partial charge in [-0.05, 0) is 38.4 Å². The van der Waals surface area contributed by atoms with Gasteiger partial charge in [0.05, 0.1) is 10.7 Å². The van der Waals surface area contributed by atoms with Crippen LogP contribution in [-0.2, 0) is 15.8 Å². The van der Waals surface area contributed by atoms with Crippen LogP contribution < -0.4 is 4.72 Å². The molecule has 0 radical (unpaired) electrons. The highest BCUT2D eigenvalue weighted by molar-refractivity contribution is 7.88. The molecule has 0 spiro atoms. The predicted octanol–water partition coefficient (Wildman–Crippen LogP) is 1.89. The molecule has 1 N–H and O–H groups in total. The van der Waals surface area contributed by atoms with Crippen LogP contribution in [0.2, 0.25) is 0 Å². The molecule has 1 fully saturated rings. The van der Waals surface area contributed by atoms with Crippen molar-refractivity contribution in [3.05, 3.63) is 39.9 Å². The molecule has 0 bridgehead atoms. The van der Waals surface area contributed by atoms with Gasteiger partial charge in [-0.3, -0.25) is 10.1 Å². The van der Waals surface area contributed by atoms with E-state index in [1.165, 1.54) is 24.6 Å². The van der Waals surface area contributed by atoms with Crippen LogP contribution in [0, 0.1) is 10.1 Å². The Morgan fingerprint density at radius 3 is 2.65 bits per heavy atom.